The van der Waals surface area contributed by atoms with Gasteiger partial charge in [-0.3, -0.25) is 4.79 Å². The van der Waals surface area contributed by atoms with Crippen molar-refractivity contribution >= 4 is 23.5 Å². The van der Waals surface area contributed by atoms with Crippen molar-refractivity contribution in [2.75, 3.05) is 18.1 Å². The van der Waals surface area contributed by atoms with Crippen LogP contribution in [0.4, 0.5) is 5.82 Å². The molecule has 0 spiro atoms. The van der Waals surface area contributed by atoms with Crippen LogP contribution >= 0.6 is 11.8 Å². The second-order valence-electron chi connectivity index (χ2n) is 4.23. The summed E-state index contributed by atoms with van der Waals surface area (Å²) < 4.78 is 0. The lowest BCUT2D eigenvalue weighted by Gasteiger charge is -2.28. The van der Waals surface area contributed by atoms with E-state index in [1.54, 1.807) is 18.0 Å². The van der Waals surface area contributed by atoms with E-state index in [1.807, 2.05) is 32.2 Å². The lowest BCUT2D eigenvalue weighted by atomic mass is 9.81. The van der Waals surface area contributed by atoms with E-state index in [-0.39, 0.29) is 5.91 Å². The van der Waals surface area contributed by atoms with E-state index < -0.39 is 5.41 Å². The van der Waals surface area contributed by atoms with E-state index in [4.69, 9.17) is 5.73 Å². The van der Waals surface area contributed by atoms with E-state index in [9.17, 15) is 4.79 Å². The van der Waals surface area contributed by atoms with E-state index in [0.29, 0.717) is 12.4 Å². The number of hydrogen-bond donors (Lipinski definition) is 2. The van der Waals surface area contributed by atoms with Crippen molar-refractivity contribution < 1.29 is 4.79 Å². The number of aromatic nitrogens is 1. The molecule has 18 heavy (non-hydrogen) atoms. The summed E-state index contributed by atoms with van der Waals surface area (Å²) in [6.07, 6.45) is 5.20. The van der Waals surface area contributed by atoms with Crippen LogP contribution in [0.15, 0.2) is 23.2 Å². The molecule has 4 nitrogen and oxygen atoms in total. The number of carbonyl (C=O) groups is 1. The molecule has 0 aliphatic heterocycles. The van der Waals surface area contributed by atoms with E-state index >= 15 is 0 Å². The second-order valence-corrected chi connectivity index (χ2v) is 5.11. The molecule has 0 aliphatic rings. The molecular formula is C13H21N3OS. The topological polar surface area (TPSA) is 68.0 Å². The Balaban J connectivity index is 2.79. The minimum atomic E-state index is -0.486. The Bertz CT molecular complexity index is 379. The van der Waals surface area contributed by atoms with Crippen molar-refractivity contribution in [1.29, 1.82) is 0 Å². The van der Waals surface area contributed by atoms with Crippen LogP contribution in [-0.2, 0) is 4.79 Å². The first-order valence-corrected chi connectivity index (χ1v) is 7.36. The molecule has 0 radical (unpaired) electrons. The number of anilines is 1. The van der Waals surface area contributed by atoms with Gasteiger partial charge in [0, 0.05) is 17.6 Å². The summed E-state index contributed by atoms with van der Waals surface area (Å²) in [5.74, 6) is 0.539. The first-order chi connectivity index (χ1) is 8.61. The Hall–Kier alpha value is -1.07. The number of amides is 1. The summed E-state index contributed by atoms with van der Waals surface area (Å²) in [4.78, 5) is 17.5. The van der Waals surface area contributed by atoms with Crippen molar-refractivity contribution in [3.8, 4) is 0 Å². The Labute approximate surface area is 113 Å². The molecule has 0 aromatic carbocycles. The smallest absolute Gasteiger partial charge is 0.233 e. The molecule has 1 aromatic heterocycles. The highest BCUT2D eigenvalue weighted by Gasteiger charge is 2.33. The Kier molecular flexibility index (Phi) is 5.62. The molecule has 0 saturated carbocycles. The van der Waals surface area contributed by atoms with Gasteiger partial charge in [-0.25, -0.2) is 4.98 Å². The number of carbonyl (C=O) groups excluding carboxylic acids is 1. The first kappa shape index (κ1) is 15.0. The number of thioether (sulfide) groups is 1. The minimum Gasteiger partial charge on any atom is -0.329 e. The fourth-order valence-electron chi connectivity index (χ4n) is 1.78. The highest BCUT2D eigenvalue weighted by atomic mass is 32.2. The van der Waals surface area contributed by atoms with Crippen molar-refractivity contribution in [2.45, 2.75) is 31.6 Å². The maximum absolute atomic E-state index is 12.2. The average Bonchev–Trinajstić information content (AvgIpc) is 2.42. The van der Waals surface area contributed by atoms with Crippen molar-refractivity contribution in [2.24, 2.45) is 11.1 Å². The summed E-state index contributed by atoms with van der Waals surface area (Å²) in [5.41, 5.74) is 5.26. The second kappa shape index (κ2) is 6.75. The number of nitrogens with two attached hydrogens (primary N) is 1. The summed E-state index contributed by atoms with van der Waals surface area (Å²) in [7, 11) is 0. The van der Waals surface area contributed by atoms with Crippen LogP contribution in [0.2, 0.25) is 0 Å². The lowest BCUT2D eigenvalue weighted by molar-refractivity contribution is -0.125. The highest BCUT2D eigenvalue weighted by Crippen LogP contribution is 2.26. The summed E-state index contributed by atoms with van der Waals surface area (Å²) >= 11 is 1.62. The van der Waals surface area contributed by atoms with Gasteiger partial charge in [-0.15, -0.1) is 11.8 Å². The summed E-state index contributed by atoms with van der Waals surface area (Å²) in [6.45, 7) is 4.33. The number of nitrogens with zero attached hydrogens (tertiary/aromatic N) is 1. The molecule has 1 aromatic rings. The monoisotopic (exact) mass is 267 g/mol. The molecule has 0 saturated heterocycles. The zero-order valence-corrected chi connectivity index (χ0v) is 12.0. The molecule has 0 aliphatic carbocycles. The Morgan fingerprint density at radius 2 is 2.11 bits per heavy atom. The van der Waals surface area contributed by atoms with Crippen molar-refractivity contribution in [3.05, 3.63) is 18.3 Å². The fraction of sp³-hybridized carbons (Fsp3) is 0.538. The van der Waals surface area contributed by atoms with Crippen LogP contribution < -0.4 is 11.1 Å². The maximum Gasteiger partial charge on any atom is 0.233 e. The molecule has 0 unspecified atom stereocenters. The predicted octanol–water partition coefficient (Wildman–Crippen LogP) is 2.51. The molecule has 1 rings (SSSR count). The first-order valence-electron chi connectivity index (χ1n) is 6.13. The summed E-state index contributed by atoms with van der Waals surface area (Å²) in [6, 6.07) is 3.76. The van der Waals surface area contributed by atoms with Gasteiger partial charge in [0.25, 0.3) is 0 Å². The fourth-order valence-corrected chi connectivity index (χ4v) is 2.14. The third kappa shape index (κ3) is 3.23. The van der Waals surface area contributed by atoms with Gasteiger partial charge >= 0.3 is 0 Å². The van der Waals surface area contributed by atoms with Crippen LogP contribution in [0.3, 0.4) is 0 Å². The Morgan fingerprint density at radius 1 is 1.44 bits per heavy atom. The molecule has 5 heteroatoms. The number of hydrogen-bond acceptors (Lipinski definition) is 4. The standard InChI is InChI=1S/C13H21N3OS/c1-4-13(5-2,9-14)12(17)16-11-7-6-10(18-3)8-15-11/h6-8H,4-5,9,14H2,1-3H3,(H,15,16,17). The molecule has 1 heterocycles. The highest BCUT2D eigenvalue weighted by molar-refractivity contribution is 7.98. The maximum atomic E-state index is 12.2. The summed E-state index contributed by atoms with van der Waals surface area (Å²) in [5, 5.41) is 2.85. The van der Waals surface area contributed by atoms with Crippen LogP contribution in [-0.4, -0.2) is 23.7 Å². The average molecular weight is 267 g/mol. The molecule has 100 valence electrons. The quantitative estimate of drug-likeness (QED) is 0.777. The molecule has 1 amide bonds. The van der Waals surface area contributed by atoms with E-state index in [1.165, 1.54) is 0 Å². The van der Waals surface area contributed by atoms with Crippen LogP contribution in [0, 0.1) is 5.41 Å². The van der Waals surface area contributed by atoms with Crippen molar-refractivity contribution in [3.63, 3.8) is 0 Å². The van der Waals surface area contributed by atoms with Crippen molar-refractivity contribution in [1.82, 2.24) is 4.98 Å². The van der Waals surface area contributed by atoms with Crippen LogP contribution in [0.25, 0.3) is 0 Å². The SMILES string of the molecule is CCC(CC)(CN)C(=O)Nc1ccc(SC)cn1. The molecule has 0 fully saturated rings. The van der Waals surface area contributed by atoms with Gasteiger partial charge in [-0.05, 0) is 31.2 Å². The van der Waals surface area contributed by atoms with Gasteiger partial charge in [-0.2, -0.15) is 0 Å². The van der Waals surface area contributed by atoms with E-state index in [2.05, 4.69) is 10.3 Å². The third-order valence-electron chi connectivity index (χ3n) is 3.44. The normalized spacial score (nSPS) is 11.3. The predicted molar refractivity (Wildman–Crippen MR) is 76.7 cm³/mol. The molecule has 0 atom stereocenters. The van der Waals surface area contributed by atoms with Gasteiger partial charge in [0.15, 0.2) is 0 Å². The van der Waals surface area contributed by atoms with E-state index in [0.717, 1.165) is 17.7 Å². The van der Waals surface area contributed by atoms with Gasteiger partial charge < -0.3 is 11.1 Å². The minimum absolute atomic E-state index is 0.0422. The zero-order valence-electron chi connectivity index (χ0n) is 11.2. The number of nitrogens with one attached hydrogen (secondary N) is 1. The number of pyridine rings is 1. The van der Waals surface area contributed by atoms with Crippen LogP contribution in [0.5, 0.6) is 0 Å². The van der Waals surface area contributed by atoms with Gasteiger partial charge in [-0.1, -0.05) is 13.8 Å². The van der Waals surface area contributed by atoms with Gasteiger partial charge in [0.05, 0.1) is 5.41 Å². The molecular weight excluding hydrogens is 246 g/mol. The third-order valence-corrected chi connectivity index (χ3v) is 4.15. The molecule has 0 bridgehead atoms. The van der Waals surface area contributed by atoms with Gasteiger partial charge in [0.2, 0.25) is 5.91 Å². The zero-order chi connectivity index (χ0) is 13.6. The molecule has 3 N–H and O–H groups in total. The lowest BCUT2D eigenvalue weighted by Crippen LogP contribution is -2.41. The largest absolute Gasteiger partial charge is 0.329 e. The van der Waals surface area contributed by atoms with Crippen LogP contribution in [0.1, 0.15) is 26.7 Å². The Morgan fingerprint density at radius 3 is 2.50 bits per heavy atom. The van der Waals surface area contributed by atoms with Gasteiger partial charge in [0.1, 0.15) is 5.82 Å². The number of rotatable bonds is 6.